The molecule has 0 unspecified atom stereocenters. The maximum atomic E-state index is 12.8. The van der Waals surface area contributed by atoms with E-state index in [0.717, 1.165) is 51.4 Å². The number of ether oxygens (including phenoxy) is 1. The summed E-state index contributed by atoms with van der Waals surface area (Å²) in [6.07, 6.45) is 8.54. The Morgan fingerprint density at radius 3 is 2.13 bits per heavy atom. The van der Waals surface area contributed by atoms with Crippen molar-refractivity contribution >= 4 is 64.0 Å². The predicted molar refractivity (Wildman–Crippen MR) is 158 cm³/mol. The molecule has 5 rings (SSSR count). The van der Waals surface area contributed by atoms with Crippen LogP contribution in [-0.2, 0) is 4.79 Å². The Morgan fingerprint density at radius 2 is 1.46 bits per heavy atom. The lowest BCUT2D eigenvalue weighted by Crippen LogP contribution is -2.58. The summed E-state index contributed by atoms with van der Waals surface area (Å²) in [5.74, 6) is 2.05. The molecular formula is C30H39Cl5O4. The van der Waals surface area contributed by atoms with Gasteiger partial charge in [-0.15, -0.1) is 0 Å². The second kappa shape index (κ2) is 11.3. The van der Waals surface area contributed by atoms with Crippen molar-refractivity contribution < 1.29 is 19.7 Å². The third kappa shape index (κ3) is 5.15. The molecule has 4 saturated carbocycles. The molecular weight excluding hydrogens is 602 g/mol. The minimum absolute atomic E-state index is 0.00101. The smallest absolute Gasteiger partial charge is 0.311 e. The highest BCUT2D eigenvalue weighted by molar-refractivity contribution is 6.55. The van der Waals surface area contributed by atoms with Gasteiger partial charge >= 0.3 is 5.97 Å². The predicted octanol–water partition coefficient (Wildman–Crippen LogP) is 9.27. The zero-order chi connectivity index (χ0) is 28.4. The third-order valence-electron chi connectivity index (χ3n) is 11.6. The molecule has 1 aromatic carbocycles. The van der Waals surface area contributed by atoms with Crippen molar-refractivity contribution in [1.82, 2.24) is 0 Å². The molecule has 0 bridgehead atoms. The number of aliphatic hydroxyl groups excluding tert-OH is 2. The lowest BCUT2D eigenvalue weighted by atomic mass is 9.43. The number of halogens is 5. The van der Waals surface area contributed by atoms with E-state index in [9.17, 15) is 15.0 Å². The maximum absolute atomic E-state index is 12.8. The van der Waals surface area contributed by atoms with Crippen molar-refractivity contribution in [2.75, 3.05) is 0 Å². The molecule has 0 spiro atoms. The molecule has 0 aromatic heterocycles. The number of hydrogen-bond donors (Lipinski definition) is 2. The molecule has 4 fully saturated rings. The topological polar surface area (TPSA) is 66.8 Å². The van der Waals surface area contributed by atoms with Crippen LogP contribution >= 0.6 is 58.0 Å². The number of hydrogen-bond acceptors (Lipinski definition) is 4. The van der Waals surface area contributed by atoms with Crippen molar-refractivity contribution in [3.63, 3.8) is 0 Å². The van der Waals surface area contributed by atoms with E-state index in [1.807, 2.05) is 0 Å². The molecule has 2 N–H and O–H groups in total. The Bertz CT molecular complexity index is 1100. The quantitative estimate of drug-likeness (QED) is 0.146. The van der Waals surface area contributed by atoms with E-state index in [1.165, 1.54) is 0 Å². The highest BCUT2D eigenvalue weighted by atomic mass is 35.5. The number of aliphatic hydroxyl groups is 2. The number of benzene rings is 1. The van der Waals surface area contributed by atoms with Gasteiger partial charge in [0, 0.05) is 6.42 Å². The fourth-order valence-corrected chi connectivity index (χ4v) is 10.8. The Hall–Kier alpha value is 0.0600. The van der Waals surface area contributed by atoms with Crippen LogP contribution in [0.3, 0.4) is 0 Å². The number of fused-ring (bicyclic) bond motifs is 5. The lowest BCUT2D eigenvalue weighted by molar-refractivity contribution is -0.174. The van der Waals surface area contributed by atoms with E-state index in [0.29, 0.717) is 41.9 Å². The molecule has 4 aliphatic carbocycles. The van der Waals surface area contributed by atoms with Gasteiger partial charge in [0.1, 0.15) is 10.0 Å². The zero-order valence-corrected chi connectivity index (χ0v) is 26.6. The van der Waals surface area contributed by atoms with Crippen molar-refractivity contribution in [1.29, 1.82) is 0 Å². The molecule has 0 heterocycles. The van der Waals surface area contributed by atoms with Crippen LogP contribution < -0.4 is 4.74 Å². The minimum Gasteiger partial charge on any atom is -0.423 e. The van der Waals surface area contributed by atoms with E-state index < -0.39 is 5.97 Å². The number of esters is 1. The second-order valence-electron chi connectivity index (χ2n) is 13.3. The van der Waals surface area contributed by atoms with Crippen LogP contribution in [0.4, 0.5) is 0 Å². The van der Waals surface area contributed by atoms with Crippen molar-refractivity contribution in [2.45, 2.75) is 97.2 Å². The normalized spacial score (nSPS) is 40.4. The number of rotatable bonds is 5. The van der Waals surface area contributed by atoms with E-state index in [2.05, 4.69) is 20.8 Å². The molecule has 0 aliphatic heterocycles. The average molecular weight is 641 g/mol. The second-order valence-corrected chi connectivity index (χ2v) is 15.2. The van der Waals surface area contributed by atoms with Gasteiger partial charge in [-0.2, -0.15) is 0 Å². The van der Waals surface area contributed by atoms with Gasteiger partial charge in [-0.1, -0.05) is 78.8 Å². The molecule has 4 nitrogen and oxygen atoms in total. The Morgan fingerprint density at radius 1 is 0.872 bits per heavy atom. The van der Waals surface area contributed by atoms with Gasteiger partial charge < -0.3 is 14.9 Å². The van der Waals surface area contributed by atoms with E-state index in [1.54, 1.807) is 0 Å². The van der Waals surface area contributed by atoms with E-state index in [4.69, 9.17) is 62.7 Å². The first-order valence-corrected chi connectivity index (χ1v) is 16.3. The molecule has 10 atom stereocenters. The van der Waals surface area contributed by atoms with Crippen LogP contribution in [0.2, 0.25) is 25.1 Å². The maximum Gasteiger partial charge on any atom is 0.311 e. The summed E-state index contributed by atoms with van der Waals surface area (Å²) < 4.78 is 5.51. The van der Waals surface area contributed by atoms with Crippen molar-refractivity contribution in [2.24, 2.45) is 46.3 Å². The standard InChI is InChI=1S/C30H39Cl5O4/c1-14(4-7-21(38)39-28-26(34)24(32)23(31)25(33)27(28)35)17-5-6-18-22-19(9-11-30(17,18)3)29(2)10-8-16(36)12-15(29)13-20(22)37/h14-20,22,36-37H,4-13H2,1-3H3/t14-,15+,16-,17-,18+,19+,20+,22+,29+,30-/m1/s1. The summed E-state index contributed by atoms with van der Waals surface area (Å²) in [6.45, 7) is 7.12. The van der Waals surface area contributed by atoms with Gasteiger partial charge in [-0.25, -0.2) is 0 Å². The molecule has 218 valence electrons. The van der Waals surface area contributed by atoms with E-state index in [-0.39, 0.29) is 60.3 Å². The first-order valence-electron chi connectivity index (χ1n) is 14.4. The first-order chi connectivity index (χ1) is 18.3. The molecule has 0 amide bonds. The average Bonchev–Trinajstić information content (AvgIpc) is 3.25. The first kappa shape index (κ1) is 30.5. The van der Waals surface area contributed by atoms with Crippen molar-refractivity contribution in [3.8, 4) is 5.75 Å². The SMILES string of the molecule is C[C@H](CCC(=O)Oc1c(Cl)c(Cl)c(Cl)c(Cl)c1Cl)[C@H]1CC[C@H]2[C@@H]3[C@@H](O)C[C@@H]4C[C@H](O)CC[C@]4(C)[C@H]3CC[C@]12C. The Kier molecular flexibility index (Phi) is 8.83. The minimum atomic E-state index is -0.440. The summed E-state index contributed by atoms with van der Waals surface area (Å²) >= 11 is 30.8. The van der Waals surface area contributed by atoms with Crippen LogP contribution in [0.1, 0.15) is 85.0 Å². The third-order valence-corrected chi connectivity index (χ3v) is 13.8. The van der Waals surface area contributed by atoms with Gasteiger partial charge in [0.25, 0.3) is 0 Å². The summed E-state index contributed by atoms with van der Waals surface area (Å²) in [7, 11) is 0. The molecule has 0 radical (unpaired) electrons. The van der Waals surface area contributed by atoms with Crippen molar-refractivity contribution in [3.05, 3.63) is 25.1 Å². The molecule has 1 aromatic rings. The molecule has 39 heavy (non-hydrogen) atoms. The van der Waals surface area contributed by atoms with Gasteiger partial charge in [-0.3, -0.25) is 4.79 Å². The summed E-state index contributed by atoms with van der Waals surface area (Å²) in [5.41, 5.74) is 0.362. The Balaban J connectivity index is 1.25. The van der Waals surface area contributed by atoms with Crippen LogP contribution in [0.5, 0.6) is 5.75 Å². The number of carbonyl (C=O) groups is 1. The number of carbonyl (C=O) groups excluding carboxylic acids is 1. The summed E-state index contributed by atoms with van der Waals surface area (Å²) in [6, 6.07) is 0. The fraction of sp³-hybridized carbons (Fsp3) is 0.767. The van der Waals surface area contributed by atoms with Crippen LogP contribution in [0, 0.1) is 46.3 Å². The van der Waals surface area contributed by atoms with Crippen LogP contribution in [-0.4, -0.2) is 28.4 Å². The molecule has 4 aliphatic rings. The van der Waals surface area contributed by atoms with Gasteiger partial charge in [0.05, 0.1) is 27.3 Å². The fourth-order valence-electron chi connectivity index (χ4n) is 9.56. The van der Waals surface area contributed by atoms with E-state index >= 15 is 0 Å². The van der Waals surface area contributed by atoms with Crippen LogP contribution in [0.25, 0.3) is 0 Å². The largest absolute Gasteiger partial charge is 0.423 e. The highest BCUT2D eigenvalue weighted by Gasteiger charge is 2.62. The highest BCUT2D eigenvalue weighted by Crippen LogP contribution is 2.68. The molecule has 0 saturated heterocycles. The zero-order valence-electron chi connectivity index (χ0n) is 22.8. The Labute approximate surface area is 257 Å². The summed E-state index contributed by atoms with van der Waals surface area (Å²) in [5, 5.41) is 21.7. The van der Waals surface area contributed by atoms with Gasteiger partial charge in [0.15, 0.2) is 5.75 Å². The lowest BCUT2D eigenvalue weighted by Gasteiger charge is -2.62. The monoisotopic (exact) mass is 638 g/mol. The van der Waals surface area contributed by atoms with Gasteiger partial charge in [0.2, 0.25) is 0 Å². The van der Waals surface area contributed by atoms with Crippen LogP contribution in [0.15, 0.2) is 0 Å². The van der Waals surface area contributed by atoms with Gasteiger partial charge in [-0.05, 0) is 104 Å². The summed E-state index contributed by atoms with van der Waals surface area (Å²) in [4.78, 5) is 12.8. The molecule has 9 heteroatoms.